The van der Waals surface area contributed by atoms with Crippen LogP contribution in [0.2, 0.25) is 0 Å². The Morgan fingerprint density at radius 2 is 1.89 bits per heavy atom. The van der Waals surface area contributed by atoms with Crippen molar-refractivity contribution in [2.45, 2.75) is 6.18 Å². The highest BCUT2D eigenvalue weighted by atomic mass is 19.4. The van der Waals surface area contributed by atoms with E-state index >= 15 is 0 Å². The Kier molecular flexibility index (Phi) is 2.58. The van der Waals surface area contributed by atoms with Gasteiger partial charge in [-0.1, -0.05) is 18.2 Å². The van der Waals surface area contributed by atoms with E-state index in [1.807, 2.05) is 12.1 Å². The van der Waals surface area contributed by atoms with Crippen LogP contribution in [0.25, 0.3) is 21.8 Å². The van der Waals surface area contributed by atoms with Crippen LogP contribution in [0, 0.1) is 0 Å². The molecule has 0 saturated carbocycles. The van der Waals surface area contributed by atoms with Crippen LogP contribution in [0.5, 0.6) is 5.88 Å². The number of nitrogens with zero attached hydrogens (tertiary/aromatic N) is 1. The number of fused-ring (bicyclic) bond motifs is 3. The van der Waals surface area contributed by atoms with Gasteiger partial charge < -0.3 is 9.72 Å². The molecule has 2 heterocycles. The summed E-state index contributed by atoms with van der Waals surface area (Å²) in [6.07, 6.45) is -2.73. The van der Waals surface area contributed by atoms with Crippen molar-refractivity contribution in [1.29, 1.82) is 0 Å². The molecule has 0 aliphatic heterocycles. The third-order valence-corrected chi connectivity index (χ3v) is 2.75. The summed E-state index contributed by atoms with van der Waals surface area (Å²) >= 11 is 0. The Balaban J connectivity index is 2.14. The molecule has 3 aromatic rings. The minimum absolute atomic E-state index is 0.00715. The minimum atomic E-state index is -4.38. The van der Waals surface area contributed by atoms with Gasteiger partial charge in [0, 0.05) is 11.6 Å². The van der Waals surface area contributed by atoms with Crippen molar-refractivity contribution < 1.29 is 17.9 Å². The lowest BCUT2D eigenvalue weighted by Crippen LogP contribution is -2.19. The van der Waals surface area contributed by atoms with E-state index in [2.05, 4.69) is 9.97 Å². The highest BCUT2D eigenvalue weighted by Crippen LogP contribution is 2.30. The van der Waals surface area contributed by atoms with Crippen molar-refractivity contribution in [2.24, 2.45) is 0 Å². The van der Waals surface area contributed by atoms with Gasteiger partial charge in [0.25, 0.3) is 0 Å². The van der Waals surface area contributed by atoms with E-state index in [0.717, 1.165) is 10.9 Å². The zero-order chi connectivity index (χ0) is 13.5. The largest absolute Gasteiger partial charge is 0.468 e. The number of alkyl halides is 3. The lowest BCUT2D eigenvalue weighted by molar-refractivity contribution is -0.153. The molecule has 0 radical (unpaired) electrons. The van der Waals surface area contributed by atoms with Crippen molar-refractivity contribution >= 4 is 21.8 Å². The van der Waals surface area contributed by atoms with Crippen molar-refractivity contribution in [2.75, 3.05) is 6.61 Å². The summed E-state index contributed by atoms with van der Waals surface area (Å²) < 4.78 is 41.5. The van der Waals surface area contributed by atoms with Gasteiger partial charge >= 0.3 is 6.18 Å². The van der Waals surface area contributed by atoms with Crippen LogP contribution in [-0.2, 0) is 0 Å². The molecule has 0 atom stereocenters. The van der Waals surface area contributed by atoms with Gasteiger partial charge in [-0.15, -0.1) is 0 Å². The summed E-state index contributed by atoms with van der Waals surface area (Å²) in [5, 5.41) is 1.39. The maximum absolute atomic E-state index is 12.2. The second kappa shape index (κ2) is 4.15. The molecule has 0 aliphatic rings. The van der Waals surface area contributed by atoms with E-state index in [0.29, 0.717) is 10.9 Å². The van der Waals surface area contributed by atoms with Crippen LogP contribution in [0.15, 0.2) is 36.5 Å². The van der Waals surface area contributed by atoms with Crippen molar-refractivity contribution in [3.8, 4) is 5.88 Å². The second-order valence-corrected chi connectivity index (χ2v) is 4.10. The molecule has 0 aliphatic carbocycles. The summed E-state index contributed by atoms with van der Waals surface area (Å²) in [7, 11) is 0. The zero-order valence-corrected chi connectivity index (χ0v) is 9.66. The van der Waals surface area contributed by atoms with Crippen molar-refractivity contribution in [1.82, 2.24) is 9.97 Å². The van der Waals surface area contributed by atoms with Gasteiger partial charge in [-0.2, -0.15) is 13.2 Å². The standard InChI is InChI=1S/C13H9F3N2O/c14-13(15,16)7-19-12-9-5-6-17-11(9)8-3-1-2-4-10(8)18-12/h1-6,17H,7H2. The number of rotatable bonds is 2. The predicted molar refractivity (Wildman–Crippen MR) is 65.1 cm³/mol. The molecule has 19 heavy (non-hydrogen) atoms. The number of para-hydroxylation sites is 1. The number of hydrogen-bond acceptors (Lipinski definition) is 2. The number of H-pyrrole nitrogens is 1. The Hall–Kier alpha value is -2.24. The number of nitrogens with one attached hydrogen (secondary N) is 1. The van der Waals surface area contributed by atoms with Gasteiger partial charge in [0.2, 0.25) is 5.88 Å². The lowest BCUT2D eigenvalue weighted by atomic mass is 10.1. The van der Waals surface area contributed by atoms with Crippen LogP contribution in [0.1, 0.15) is 0 Å². The first-order chi connectivity index (χ1) is 9.04. The van der Waals surface area contributed by atoms with Crippen molar-refractivity contribution in [3.63, 3.8) is 0 Å². The Morgan fingerprint density at radius 3 is 2.68 bits per heavy atom. The number of aromatic nitrogens is 2. The Labute approximate surface area is 106 Å². The van der Waals surface area contributed by atoms with Crippen LogP contribution in [-0.4, -0.2) is 22.8 Å². The molecule has 3 rings (SSSR count). The lowest BCUT2D eigenvalue weighted by Gasteiger charge is -2.10. The summed E-state index contributed by atoms with van der Waals surface area (Å²) in [5.74, 6) is -0.00715. The van der Waals surface area contributed by atoms with Crippen LogP contribution >= 0.6 is 0 Å². The van der Waals surface area contributed by atoms with Crippen molar-refractivity contribution in [3.05, 3.63) is 36.5 Å². The third kappa shape index (κ3) is 2.21. The first-order valence-electron chi connectivity index (χ1n) is 5.60. The van der Waals surface area contributed by atoms with Gasteiger partial charge in [-0.3, -0.25) is 0 Å². The zero-order valence-electron chi connectivity index (χ0n) is 9.66. The molecule has 98 valence electrons. The molecule has 2 aromatic heterocycles. The highest BCUT2D eigenvalue weighted by molar-refractivity contribution is 6.05. The van der Waals surface area contributed by atoms with Gasteiger partial charge in [0.15, 0.2) is 6.61 Å². The van der Waals surface area contributed by atoms with Crippen LogP contribution < -0.4 is 4.74 Å². The number of pyridine rings is 1. The van der Waals surface area contributed by atoms with E-state index in [-0.39, 0.29) is 5.88 Å². The fraction of sp³-hybridized carbons (Fsp3) is 0.154. The molecular formula is C13H9F3N2O. The van der Waals surface area contributed by atoms with Crippen LogP contribution in [0.3, 0.4) is 0 Å². The molecule has 0 fully saturated rings. The van der Waals surface area contributed by atoms with Gasteiger partial charge in [-0.05, 0) is 12.1 Å². The normalized spacial score (nSPS) is 12.2. The van der Waals surface area contributed by atoms with Crippen LogP contribution in [0.4, 0.5) is 13.2 Å². The molecule has 0 unspecified atom stereocenters. The molecule has 0 saturated heterocycles. The summed E-state index contributed by atoms with van der Waals surface area (Å²) in [4.78, 5) is 7.14. The Morgan fingerprint density at radius 1 is 1.11 bits per heavy atom. The minimum Gasteiger partial charge on any atom is -0.468 e. The number of benzene rings is 1. The number of halogens is 3. The fourth-order valence-corrected chi connectivity index (χ4v) is 1.98. The average molecular weight is 266 g/mol. The maximum Gasteiger partial charge on any atom is 0.422 e. The predicted octanol–water partition coefficient (Wildman–Crippen LogP) is 3.66. The molecule has 3 nitrogen and oxygen atoms in total. The highest BCUT2D eigenvalue weighted by Gasteiger charge is 2.29. The van der Waals surface area contributed by atoms with E-state index < -0.39 is 12.8 Å². The molecule has 0 spiro atoms. The van der Waals surface area contributed by atoms with E-state index in [1.54, 1.807) is 24.4 Å². The molecule has 1 aromatic carbocycles. The fourth-order valence-electron chi connectivity index (χ4n) is 1.98. The monoisotopic (exact) mass is 266 g/mol. The maximum atomic E-state index is 12.2. The SMILES string of the molecule is FC(F)(F)COc1nc2ccccc2c2[nH]ccc12. The summed E-state index contributed by atoms with van der Waals surface area (Å²) in [6, 6.07) is 8.86. The smallest absolute Gasteiger partial charge is 0.422 e. The topological polar surface area (TPSA) is 37.9 Å². The summed E-state index contributed by atoms with van der Waals surface area (Å²) in [5.41, 5.74) is 1.32. The molecule has 1 N–H and O–H groups in total. The molecule has 0 bridgehead atoms. The van der Waals surface area contributed by atoms with Gasteiger partial charge in [-0.25, -0.2) is 4.98 Å². The first-order valence-corrected chi connectivity index (χ1v) is 5.60. The average Bonchev–Trinajstić information content (AvgIpc) is 2.84. The third-order valence-electron chi connectivity index (χ3n) is 2.75. The quantitative estimate of drug-likeness (QED) is 0.768. The van der Waals surface area contributed by atoms with Gasteiger partial charge in [0.1, 0.15) is 0 Å². The molecule has 0 amide bonds. The van der Waals surface area contributed by atoms with E-state index in [1.165, 1.54) is 0 Å². The van der Waals surface area contributed by atoms with E-state index in [9.17, 15) is 13.2 Å². The first kappa shape index (κ1) is 11.8. The number of ether oxygens (including phenoxy) is 1. The molecule has 6 heteroatoms. The number of hydrogen-bond donors (Lipinski definition) is 1. The Bertz CT molecular complexity index is 733. The molecular weight excluding hydrogens is 257 g/mol. The second-order valence-electron chi connectivity index (χ2n) is 4.10. The summed E-state index contributed by atoms with van der Waals surface area (Å²) in [6.45, 7) is -1.35. The number of aromatic amines is 1. The van der Waals surface area contributed by atoms with Gasteiger partial charge in [0.05, 0.1) is 16.4 Å². The van der Waals surface area contributed by atoms with E-state index in [4.69, 9.17) is 4.74 Å².